The molecule has 4 rings (SSSR count). The van der Waals surface area contributed by atoms with Crippen LogP contribution < -0.4 is 0 Å². The molecule has 0 radical (unpaired) electrons. The van der Waals surface area contributed by atoms with Crippen LogP contribution in [0.4, 0.5) is 0 Å². The van der Waals surface area contributed by atoms with Crippen molar-refractivity contribution in [1.29, 1.82) is 0 Å². The number of rotatable bonds is 3. The van der Waals surface area contributed by atoms with Gasteiger partial charge in [-0.1, -0.05) is 106 Å². The summed E-state index contributed by atoms with van der Waals surface area (Å²) < 4.78 is 0. The molecule has 0 nitrogen and oxygen atoms in total. The summed E-state index contributed by atoms with van der Waals surface area (Å²) in [6.07, 6.45) is 9.05. The van der Waals surface area contributed by atoms with Crippen molar-refractivity contribution in [3.8, 4) is 11.1 Å². The summed E-state index contributed by atoms with van der Waals surface area (Å²) in [5.41, 5.74) is 15.7. The molecule has 0 amide bonds. The van der Waals surface area contributed by atoms with Gasteiger partial charge in [-0.15, -0.1) is 0 Å². The maximum Gasteiger partial charge on any atom is -0.000708 e. The minimum atomic E-state index is 0.0996. The molecule has 2 aliphatic carbocycles. The number of benzene rings is 2. The quantitative estimate of drug-likeness (QED) is 0.391. The Labute approximate surface area is 196 Å². The third-order valence-corrected chi connectivity index (χ3v) is 7.29. The average Bonchev–Trinajstić information content (AvgIpc) is 3.31. The van der Waals surface area contributed by atoms with Crippen LogP contribution in [0.2, 0.25) is 0 Å². The Balaban J connectivity index is 2.14. The summed E-state index contributed by atoms with van der Waals surface area (Å²) in [5, 5.41) is 0. The highest BCUT2D eigenvalue weighted by atomic mass is 14.4. The van der Waals surface area contributed by atoms with Gasteiger partial charge in [-0.25, -0.2) is 0 Å². The molecule has 0 heterocycles. The van der Waals surface area contributed by atoms with Crippen molar-refractivity contribution in [2.24, 2.45) is 0 Å². The highest BCUT2D eigenvalue weighted by Gasteiger charge is 2.36. The molecule has 0 aliphatic heterocycles. The zero-order chi connectivity index (χ0) is 23.6. The lowest BCUT2D eigenvalue weighted by molar-refractivity contribution is 0.570. The molecule has 0 unspecified atom stereocenters. The normalized spacial score (nSPS) is 15.6. The van der Waals surface area contributed by atoms with Crippen LogP contribution in [-0.4, -0.2) is 0 Å². The van der Waals surface area contributed by atoms with Crippen molar-refractivity contribution < 1.29 is 0 Å². The lowest BCUT2D eigenvalue weighted by Crippen LogP contribution is -2.22. The van der Waals surface area contributed by atoms with Crippen LogP contribution in [0.25, 0.3) is 16.7 Å². The van der Waals surface area contributed by atoms with Gasteiger partial charge in [-0.3, -0.25) is 0 Å². The lowest BCUT2D eigenvalue weighted by Gasteiger charge is -2.35. The Hall–Kier alpha value is -2.08. The third kappa shape index (κ3) is 3.70. The average molecular weight is 427 g/mol. The topological polar surface area (TPSA) is 0 Å². The van der Waals surface area contributed by atoms with Crippen molar-refractivity contribution in [3.05, 3.63) is 75.4 Å². The van der Waals surface area contributed by atoms with E-state index in [1.807, 2.05) is 0 Å². The lowest BCUT2D eigenvalue weighted by atomic mass is 9.69. The molecule has 2 aromatic rings. The van der Waals surface area contributed by atoms with Gasteiger partial charge in [0, 0.05) is 0 Å². The van der Waals surface area contributed by atoms with Gasteiger partial charge in [0.15, 0.2) is 0 Å². The maximum absolute atomic E-state index is 2.50. The van der Waals surface area contributed by atoms with Crippen LogP contribution in [0.15, 0.2) is 36.4 Å². The first-order valence-electron chi connectivity index (χ1n) is 12.5. The van der Waals surface area contributed by atoms with Gasteiger partial charge >= 0.3 is 0 Å². The number of hydrogen-bond donors (Lipinski definition) is 0. The van der Waals surface area contributed by atoms with E-state index in [-0.39, 0.29) is 10.8 Å². The van der Waals surface area contributed by atoms with E-state index >= 15 is 0 Å². The molecule has 0 spiro atoms. The predicted octanol–water partition coefficient (Wildman–Crippen LogP) is 9.44. The minimum absolute atomic E-state index is 0.0996. The molecule has 0 N–H and O–H groups in total. The third-order valence-electron chi connectivity index (χ3n) is 7.29. The second-order valence-electron chi connectivity index (χ2n) is 12.6. The Morgan fingerprint density at radius 3 is 1.94 bits per heavy atom. The van der Waals surface area contributed by atoms with Crippen LogP contribution >= 0.6 is 0 Å². The summed E-state index contributed by atoms with van der Waals surface area (Å²) in [5.74, 6) is 0.999. The fourth-order valence-electron chi connectivity index (χ4n) is 5.93. The van der Waals surface area contributed by atoms with Gasteiger partial charge in [-0.2, -0.15) is 0 Å². The van der Waals surface area contributed by atoms with Crippen molar-refractivity contribution in [2.75, 3.05) is 0 Å². The Morgan fingerprint density at radius 2 is 1.44 bits per heavy atom. The monoisotopic (exact) mass is 426 g/mol. The highest BCUT2D eigenvalue weighted by molar-refractivity contribution is 5.90. The van der Waals surface area contributed by atoms with Crippen LogP contribution in [0, 0.1) is 0 Å². The van der Waals surface area contributed by atoms with E-state index in [9.17, 15) is 0 Å². The van der Waals surface area contributed by atoms with Crippen LogP contribution in [0.5, 0.6) is 0 Å². The highest BCUT2D eigenvalue weighted by Crippen LogP contribution is 2.53. The first kappa shape index (κ1) is 23.1. The summed E-state index contributed by atoms with van der Waals surface area (Å²) in [6, 6.07) is 7.30. The number of fused-ring (bicyclic) bond motifs is 3. The molecule has 0 saturated heterocycles. The summed E-state index contributed by atoms with van der Waals surface area (Å²) in [4.78, 5) is 0. The first-order valence-corrected chi connectivity index (χ1v) is 12.5. The first-order chi connectivity index (χ1) is 14.8. The second-order valence-corrected chi connectivity index (χ2v) is 12.6. The predicted molar refractivity (Wildman–Crippen MR) is 142 cm³/mol. The molecule has 0 aromatic heterocycles. The van der Waals surface area contributed by atoms with Gasteiger partial charge in [0.25, 0.3) is 0 Å². The van der Waals surface area contributed by atoms with Crippen molar-refractivity contribution >= 4 is 5.57 Å². The van der Waals surface area contributed by atoms with Gasteiger partial charge in [0.05, 0.1) is 0 Å². The second kappa shape index (κ2) is 7.75. The molecule has 0 saturated carbocycles. The van der Waals surface area contributed by atoms with E-state index in [0.717, 1.165) is 12.8 Å². The van der Waals surface area contributed by atoms with Crippen molar-refractivity contribution in [2.45, 2.75) is 105 Å². The Kier molecular flexibility index (Phi) is 5.60. The van der Waals surface area contributed by atoms with Gasteiger partial charge in [0.2, 0.25) is 0 Å². The molecule has 2 aliphatic rings. The van der Waals surface area contributed by atoms with Crippen LogP contribution in [0.3, 0.4) is 0 Å². The van der Waals surface area contributed by atoms with Gasteiger partial charge in [0.1, 0.15) is 0 Å². The van der Waals surface area contributed by atoms with Crippen LogP contribution in [0.1, 0.15) is 126 Å². The van der Waals surface area contributed by atoms with E-state index in [2.05, 4.69) is 106 Å². The standard InChI is InChI=1S/C32H42/c1-19(2)26-27(20(3)4)30(32(8,9)10)28(21-13-11-12-14-21)25-18-22-17-23(31(5,6)7)15-16-24(22)29(25)26/h11-13,15-17,19-20H,14,18H2,1-10H3. The minimum Gasteiger partial charge on any atom is -0.0801 e. The molecule has 0 heteroatoms. The van der Waals surface area contributed by atoms with E-state index in [4.69, 9.17) is 0 Å². The SMILES string of the molecule is CC(C)c1c2c(c(C3=CC=CC3)c(C(C)(C)C)c1C(C)C)Cc1cc(C(C)(C)C)ccc1-2. The molecule has 170 valence electrons. The van der Waals surface area contributed by atoms with E-state index in [1.165, 1.54) is 22.3 Å². The zero-order valence-corrected chi connectivity index (χ0v) is 22.0. The Morgan fingerprint density at radius 1 is 0.781 bits per heavy atom. The molecule has 2 aromatic carbocycles. The van der Waals surface area contributed by atoms with E-state index in [0.29, 0.717) is 11.8 Å². The number of allylic oxidation sites excluding steroid dienone is 4. The van der Waals surface area contributed by atoms with Crippen LogP contribution in [-0.2, 0) is 17.3 Å². The van der Waals surface area contributed by atoms with Crippen molar-refractivity contribution in [3.63, 3.8) is 0 Å². The van der Waals surface area contributed by atoms with Crippen molar-refractivity contribution in [1.82, 2.24) is 0 Å². The van der Waals surface area contributed by atoms with E-state index < -0.39 is 0 Å². The van der Waals surface area contributed by atoms with Gasteiger partial charge < -0.3 is 0 Å². The molecule has 32 heavy (non-hydrogen) atoms. The largest absolute Gasteiger partial charge is 0.0801 e. The Bertz CT molecular complexity index is 1120. The molecule has 0 bridgehead atoms. The fourth-order valence-corrected chi connectivity index (χ4v) is 5.93. The van der Waals surface area contributed by atoms with Gasteiger partial charge in [-0.05, 0) is 91.2 Å². The summed E-state index contributed by atoms with van der Waals surface area (Å²) >= 11 is 0. The molecular formula is C32H42. The maximum atomic E-state index is 2.50. The number of hydrogen-bond acceptors (Lipinski definition) is 0. The molecule has 0 fully saturated rings. The smallest absolute Gasteiger partial charge is 0.000708 e. The summed E-state index contributed by atoms with van der Waals surface area (Å²) in [7, 11) is 0. The fraction of sp³-hybridized carbons (Fsp3) is 0.500. The molecular weight excluding hydrogens is 384 g/mol. The summed E-state index contributed by atoms with van der Waals surface area (Å²) in [6.45, 7) is 23.8. The van der Waals surface area contributed by atoms with E-state index in [1.54, 1.807) is 33.4 Å². The zero-order valence-electron chi connectivity index (χ0n) is 22.0. The molecule has 0 atom stereocenters.